The van der Waals surface area contributed by atoms with E-state index in [-0.39, 0.29) is 6.01 Å². The number of carbonyl (C=O) groups is 1. The largest absolute Gasteiger partial charge is 0.424 e. The molecular weight excluding hydrogens is 431 g/mol. The fraction of sp³-hybridized carbons (Fsp3) is 0.0909. The summed E-state index contributed by atoms with van der Waals surface area (Å²) >= 11 is 1.58. The molecule has 2 aromatic carbocycles. The number of benzene rings is 2. The normalized spacial score (nSPS) is 10.4. The molecule has 0 spiro atoms. The van der Waals surface area contributed by atoms with E-state index in [0.29, 0.717) is 17.1 Å². The van der Waals surface area contributed by atoms with Crippen molar-refractivity contribution in [1.82, 2.24) is 15.0 Å². The molecule has 2 aromatic heterocycles. The van der Waals surface area contributed by atoms with E-state index in [9.17, 15) is 9.18 Å². The number of carbonyl (C=O) groups excluding carboxylic acids is 1. The van der Waals surface area contributed by atoms with Crippen LogP contribution in [-0.4, -0.2) is 27.5 Å². The van der Waals surface area contributed by atoms with Crippen LogP contribution in [0.5, 0.6) is 11.8 Å². The first-order chi connectivity index (χ1) is 15.6. The van der Waals surface area contributed by atoms with E-state index in [1.54, 1.807) is 17.4 Å². The Kier molecular flexibility index (Phi) is 6.52. The van der Waals surface area contributed by atoms with Crippen LogP contribution in [0.1, 0.15) is 6.92 Å². The molecule has 32 heavy (non-hydrogen) atoms. The molecule has 10 heteroatoms. The number of ether oxygens (including phenoxy) is 1. The van der Waals surface area contributed by atoms with Gasteiger partial charge in [0.05, 0.1) is 23.0 Å². The Balaban J connectivity index is 1.33. The summed E-state index contributed by atoms with van der Waals surface area (Å²) in [6.07, 6.45) is 4.67. The fourth-order valence-corrected chi connectivity index (χ4v) is 3.62. The molecule has 0 atom stereocenters. The zero-order valence-corrected chi connectivity index (χ0v) is 17.8. The van der Waals surface area contributed by atoms with Gasteiger partial charge in [0.2, 0.25) is 0 Å². The molecule has 2 heterocycles. The average Bonchev–Trinajstić information content (AvgIpc) is 3.24. The summed E-state index contributed by atoms with van der Waals surface area (Å²) in [6, 6.07) is 12.7. The summed E-state index contributed by atoms with van der Waals surface area (Å²) in [5.74, 6) is 0.140. The molecular formula is C22H19FN6O2S. The number of hydrogen-bond donors (Lipinski definition) is 3. The maximum atomic E-state index is 13.2. The SMILES string of the molecule is CCNc1ncc(-c2ccc(Oc3ncc(NC(=O)Nc4cccc(F)c4)cn3)cc2)s1. The molecule has 0 unspecified atom stereocenters. The van der Waals surface area contributed by atoms with Crippen LogP contribution >= 0.6 is 11.3 Å². The highest BCUT2D eigenvalue weighted by Gasteiger charge is 2.07. The zero-order valence-electron chi connectivity index (χ0n) is 17.0. The third-order valence-electron chi connectivity index (χ3n) is 4.15. The van der Waals surface area contributed by atoms with Crippen molar-refractivity contribution in [3.8, 4) is 22.2 Å². The number of nitrogens with one attached hydrogen (secondary N) is 3. The van der Waals surface area contributed by atoms with E-state index < -0.39 is 11.8 Å². The van der Waals surface area contributed by atoms with E-state index in [4.69, 9.17) is 4.74 Å². The lowest BCUT2D eigenvalue weighted by Crippen LogP contribution is -2.19. The molecule has 0 aliphatic rings. The summed E-state index contributed by atoms with van der Waals surface area (Å²) in [5.41, 5.74) is 1.73. The number of amides is 2. The maximum absolute atomic E-state index is 13.2. The number of nitrogens with zero attached hydrogens (tertiary/aromatic N) is 3. The number of hydrogen-bond acceptors (Lipinski definition) is 7. The molecule has 0 saturated heterocycles. The number of rotatable bonds is 7. The van der Waals surface area contributed by atoms with E-state index >= 15 is 0 Å². The minimum Gasteiger partial charge on any atom is -0.424 e. The van der Waals surface area contributed by atoms with Gasteiger partial charge in [0.1, 0.15) is 11.6 Å². The van der Waals surface area contributed by atoms with Gasteiger partial charge < -0.3 is 20.7 Å². The Bertz CT molecular complexity index is 1200. The molecule has 4 rings (SSSR count). The van der Waals surface area contributed by atoms with Crippen molar-refractivity contribution in [1.29, 1.82) is 0 Å². The minimum atomic E-state index is -0.538. The summed E-state index contributed by atoms with van der Waals surface area (Å²) < 4.78 is 18.9. The lowest BCUT2D eigenvalue weighted by Gasteiger charge is -2.08. The fourth-order valence-electron chi connectivity index (χ4n) is 2.73. The lowest BCUT2D eigenvalue weighted by atomic mass is 10.2. The summed E-state index contributed by atoms with van der Waals surface area (Å²) in [7, 11) is 0. The molecule has 8 nitrogen and oxygen atoms in total. The van der Waals surface area contributed by atoms with E-state index in [1.807, 2.05) is 37.4 Å². The van der Waals surface area contributed by atoms with E-state index in [1.165, 1.54) is 30.6 Å². The molecule has 3 N–H and O–H groups in total. The van der Waals surface area contributed by atoms with Crippen LogP contribution in [0.2, 0.25) is 0 Å². The van der Waals surface area contributed by atoms with Gasteiger partial charge in [-0.2, -0.15) is 0 Å². The van der Waals surface area contributed by atoms with E-state index in [2.05, 4.69) is 30.9 Å². The van der Waals surface area contributed by atoms with Gasteiger partial charge in [-0.15, -0.1) is 0 Å². The number of aromatic nitrogens is 3. The molecule has 0 saturated carbocycles. The maximum Gasteiger partial charge on any atom is 0.323 e. The topological polar surface area (TPSA) is 101 Å². The number of urea groups is 1. The Morgan fingerprint density at radius 3 is 2.47 bits per heavy atom. The van der Waals surface area contributed by atoms with Gasteiger partial charge in [-0.3, -0.25) is 0 Å². The third kappa shape index (κ3) is 5.55. The van der Waals surface area contributed by atoms with Gasteiger partial charge >= 0.3 is 12.0 Å². The Morgan fingerprint density at radius 1 is 1.00 bits per heavy atom. The van der Waals surface area contributed by atoms with Crippen LogP contribution < -0.4 is 20.7 Å². The molecule has 4 aromatic rings. The van der Waals surface area contributed by atoms with Gasteiger partial charge in [-0.25, -0.2) is 24.1 Å². The number of halogens is 1. The molecule has 0 bridgehead atoms. The molecule has 0 fully saturated rings. The monoisotopic (exact) mass is 450 g/mol. The second-order valence-corrected chi connectivity index (χ2v) is 7.56. The first-order valence-electron chi connectivity index (χ1n) is 9.72. The smallest absolute Gasteiger partial charge is 0.323 e. The Hall–Kier alpha value is -4.05. The lowest BCUT2D eigenvalue weighted by molar-refractivity contribution is 0.262. The second-order valence-electron chi connectivity index (χ2n) is 6.53. The van der Waals surface area contributed by atoms with Crippen molar-refractivity contribution in [2.24, 2.45) is 0 Å². The first-order valence-corrected chi connectivity index (χ1v) is 10.5. The van der Waals surface area contributed by atoms with Crippen LogP contribution in [0.4, 0.5) is 25.7 Å². The van der Waals surface area contributed by atoms with Crippen molar-refractivity contribution < 1.29 is 13.9 Å². The highest BCUT2D eigenvalue weighted by molar-refractivity contribution is 7.18. The molecule has 0 aliphatic heterocycles. The van der Waals surface area contributed by atoms with Crippen molar-refractivity contribution in [3.63, 3.8) is 0 Å². The first kappa shape index (κ1) is 21.2. The molecule has 0 aliphatic carbocycles. The van der Waals surface area contributed by atoms with Crippen LogP contribution in [-0.2, 0) is 0 Å². The Labute approximate surface area is 187 Å². The number of thiazole rings is 1. The van der Waals surface area contributed by atoms with Gasteiger partial charge in [-0.1, -0.05) is 17.4 Å². The van der Waals surface area contributed by atoms with Gasteiger partial charge in [0.15, 0.2) is 5.13 Å². The average molecular weight is 450 g/mol. The number of anilines is 3. The summed E-state index contributed by atoms with van der Waals surface area (Å²) in [5, 5.41) is 9.18. The quantitative estimate of drug-likeness (QED) is 0.338. The van der Waals surface area contributed by atoms with Crippen molar-refractivity contribution in [3.05, 3.63) is 72.9 Å². The highest BCUT2D eigenvalue weighted by atomic mass is 32.1. The molecule has 2 amide bonds. The van der Waals surface area contributed by atoms with Crippen LogP contribution in [0.3, 0.4) is 0 Å². The zero-order chi connectivity index (χ0) is 22.3. The molecule has 162 valence electrons. The Morgan fingerprint density at radius 2 is 1.75 bits per heavy atom. The second kappa shape index (κ2) is 9.84. The van der Waals surface area contributed by atoms with Crippen LogP contribution in [0.15, 0.2) is 67.1 Å². The summed E-state index contributed by atoms with van der Waals surface area (Å²) in [4.78, 5) is 25.6. The summed E-state index contributed by atoms with van der Waals surface area (Å²) in [6.45, 7) is 2.85. The van der Waals surface area contributed by atoms with Gasteiger partial charge in [0, 0.05) is 18.4 Å². The van der Waals surface area contributed by atoms with Crippen LogP contribution in [0, 0.1) is 5.82 Å². The van der Waals surface area contributed by atoms with Gasteiger partial charge in [0.25, 0.3) is 0 Å². The predicted molar refractivity (Wildman–Crippen MR) is 123 cm³/mol. The van der Waals surface area contributed by atoms with Gasteiger partial charge in [-0.05, 0) is 55.0 Å². The minimum absolute atomic E-state index is 0.140. The van der Waals surface area contributed by atoms with Crippen molar-refractivity contribution in [2.45, 2.75) is 6.92 Å². The van der Waals surface area contributed by atoms with Crippen molar-refractivity contribution in [2.75, 3.05) is 22.5 Å². The third-order valence-corrected chi connectivity index (χ3v) is 5.15. The van der Waals surface area contributed by atoms with E-state index in [0.717, 1.165) is 22.1 Å². The van der Waals surface area contributed by atoms with Crippen molar-refractivity contribution >= 4 is 33.9 Å². The highest BCUT2D eigenvalue weighted by Crippen LogP contribution is 2.30. The van der Waals surface area contributed by atoms with Crippen LogP contribution in [0.25, 0.3) is 10.4 Å². The standard InChI is InChI=1S/C22H19FN6O2S/c1-2-24-22-27-13-19(32-22)14-6-8-18(9-7-14)31-21-25-11-17(12-26-21)29-20(30)28-16-5-3-4-15(23)10-16/h3-13H,2H2,1H3,(H,24,27)(H2,28,29,30). The molecule has 0 radical (unpaired) electrons. The predicted octanol–water partition coefficient (Wildman–Crippen LogP) is 5.61.